The minimum absolute atomic E-state index is 0.145. The SMILES string of the molecule is CCN(CC)c1ccc(NC(=O)c2ccc(N3CCCC3=O)cc2)c(C)c1. The molecule has 2 amide bonds. The van der Waals surface area contributed by atoms with Crippen molar-refractivity contribution < 1.29 is 9.59 Å². The summed E-state index contributed by atoms with van der Waals surface area (Å²) >= 11 is 0. The number of nitrogens with zero attached hydrogens (tertiary/aromatic N) is 2. The number of hydrogen-bond donors (Lipinski definition) is 1. The molecule has 2 aromatic rings. The van der Waals surface area contributed by atoms with Crippen LogP contribution in [0.25, 0.3) is 0 Å². The number of hydrogen-bond acceptors (Lipinski definition) is 3. The lowest BCUT2D eigenvalue weighted by Crippen LogP contribution is -2.23. The molecule has 1 aliphatic heterocycles. The van der Waals surface area contributed by atoms with E-state index in [1.165, 1.54) is 0 Å². The van der Waals surface area contributed by atoms with Crippen molar-refractivity contribution in [1.82, 2.24) is 0 Å². The van der Waals surface area contributed by atoms with E-state index in [9.17, 15) is 9.59 Å². The van der Waals surface area contributed by atoms with Gasteiger partial charge in [0.1, 0.15) is 0 Å². The predicted octanol–water partition coefficient (Wildman–Crippen LogP) is 4.22. The van der Waals surface area contributed by atoms with E-state index in [1.54, 1.807) is 17.0 Å². The number of rotatable bonds is 6. The van der Waals surface area contributed by atoms with E-state index in [0.717, 1.165) is 48.7 Å². The molecular formula is C22H27N3O2. The predicted molar refractivity (Wildman–Crippen MR) is 111 cm³/mol. The highest BCUT2D eigenvalue weighted by Gasteiger charge is 2.21. The molecule has 1 saturated heterocycles. The average molecular weight is 365 g/mol. The van der Waals surface area contributed by atoms with Gasteiger partial charge in [0, 0.05) is 48.7 Å². The first kappa shape index (κ1) is 19.0. The van der Waals surface area contributed by atoms with Gasteiger partial charge in [0.2, 0.25) is 5.91 Å². The number of benzene rings is 2. The smallest absolute Gasteiger partial charge is 0.255 e. The van der Waals surface area contributed by atoms with Crippen molar-refractivity contribution in [3.8, 4) is 0 Å². The molecule has 0 radical (unpaired) electrons. The summed E-state index contributed by atoms with van der Waals surface area (Å²) in [6.07, 6.45) is 1.49. The second-order valence-electron chi connectivity index (χ2n) is 6.82. The van der Waals surface area contributed by atoms with Crippen molar-refractivity contribution in [2.45, 2.75) is 33.6 Å². The van der Waals surface area contributed by atoms with Crippen LogP contribution >= 0.6 is 0 Å². The molecular weight excluding hydrogens is 338 g/mol. The van der Waals surface area contributed by atoms with E-state index in [2.05, 4.69) is 30.1 Å². The summed E-state index contributed by atoms with van der Waals surface area (Å²) in [5.41, 5.74) is 4.45. The van der Waals surface area contributed by atoms with E-state index in [4.69, 9.17) is 0 Å². The van der Waals surface area contributed by atoms with Crippen LogP contribution in [0.4, 0.5) is 17.1 Å². The second kappa shape index (κ2) is 8.25. The van der Waals surface area contributed by atoms with Crippen LogP contribution in [0, 0.1) is 6.92 Å². The Kier molecular flexibility index (Phi) is 5.79. The molecule has 1 N–H and O–H groups in total. The molecule has 1 heterocycles. The molecule has 2 aromatic carbocycles. The molecule has 3 rings (SSSR count). The average Bonchev–Trinajstić information content (AvgIpc) is 3.11. The molecule has 0 spiro atoms. The Bertz CT molecular complexity index is 826. The third kappa shape index (κ3) is 4.13. The van der Waals surface area contributed by atoms with Crippen LogP contribution in [0.5, 0.6) is 0 Å². The highest BCUT2D eigenvalue weighted by molar-refractivity contribution is 6.05. The summed E-state index contributed by atoms with van der Waals surface area (Å²) in [6.45, 7) is 8.93. The van der Waals surface area contributed by atoms with Gasteiger partial charge in [-0.1, -0.05) is 0 Å². The van der Waals surface area contributed by atoms with Gasteiger partial charge in [0.15, 0.2) is 0 Å². The topological polar surface area (TPSA) is 52.7 Å². The zero-order valence-electron chi connectivity index (χ0n) is 16.3. The summed E-state index contributed by atoms with van der Waals surface area (Å²) in [6, 6.07) is 13.3. The zero-order valence-corrected chi connectivity index (χ0v) is 16.3. The first-order valence-electron chi connectivity index (χ1n) is 9.60. The van der Waals surface area contributed by atoms with Crippen LogP contribution in [0.3, 0.4) is 0 Å². The summed E-state index contributed by atoms with van der Waals surface area (Å²) in [4.78, 5) is 28.5. The quantitative estimate of drug-likeness (QED) is 0.834. The van der Waals surface area contributed by atoms with E-state index in [0.29, 0.717) is 12.0 Å². The normalized spacial score (nSPS) is 13.7. The van der Waals surface area contributed by atoms with Crippen molar-refractivity contribution in [2.75, 3.05) is 34.8 Å². The van der Waals surface area contributed by atoms with Crippen molar-refractivity contribution in [3.63, 3.8) is 0 Å². The summed E-state index contributed by atoms with van der Waals surface area (Å²) in [5.74, 6) is 0.00380. The summed E-state index contributed by atoms with van der Waals surface area (Å²) in [5, 5.41) is 2.99. The number of carbonyl (C=O) groups is 2. The maximum atomic E-state index is 12.6. The fourth-order valence-corrected chi connectivity index (χ4v) is 3.48. The minimum atomic E-state index is -0.145. The molecule has 27 heavy (non-hydrogen) atoms. The molecule has 0 unspecified atom stereocenters. The van der Waals surface area contributed by atoms with Crippen molar-refractivity contribution in [3.05, 3.63) is 53.6 Å². The second-order valence-corrected chi connectivity index (χ2v) is 6.82. The van der Waals surface area contributed by atoms with Gasteiger partial charge in [0.25, 0.3) is 5.91 Å². The third-order valence-electron chi connectivity index (χ3n) is 5.10. The van der Waals surface area contributed by atoms with Crippen molar-refractivity contribution in [1.29, 1.82) is 0 Å². The van der Waals surface area contributed by atoms with Gasteiger partial charge < -0.3 is 15.1 Å². The van der Waals surface area contributed by atoms with Gasteiger partial charge in [-0.15, -0.1) is 0 Å². The molecule has 0 bridgehead atoms. The fourth-order valence-electron chi connectivity index (χ4n) is 3.48. The molecule has 0 atom stereocenters. The lowest BCUT2D eigenvalue weighted by atomic mass is 10.1. The minimum Gasteiger partial charge on any atom is -0.372 e. The van der Waals surface area contributed by atoms with Crippen LogP contribution in [0.15, 0.2) is 42.5 Å². The van der Waals surface area contributed by atoms with E-state index < -0.39 is 0 Å². The Hall–Kier alpha value is -2.82. The fraction of sp³-hybridized carbons (Fsp3) is 0.364. The zero-order chi connectivity index (χ0) is 19.4. The molecule has 5 heteroatoms. The number of anilines is 3. The van der Waals surface area contributed by atoms with Crippen molar-refractivity contribution >= 4 is 28.9 Å². The highest BCUT2D eigenvalue weighted by atomic mass is 16.2. The first-order valence-corrected chi connectivity index (χ1v) is 9.60. The monoisotopic (exact) mass is 365 g/mol. The van der Waals surface area contributed by atoms with Crippen LogP contribution in [-0.2, 0) is 4.79 Å². The molecule has 142 valence electrons. The lowest BCUT2D eigenvalue weighted by molar-refractivity contribution is -0.117. The number of carbonyl (C=O) groups excluding carboxylic acids is 2. The molecule has 1 fully saturated rings. The van der Waals surface area contributed by atoms with Gasteiger partial charge in [-0.25, -0.2) is 0 Å². The maximum absolute atomic E-state index is 12.6. The third-order valence-corrected chi connectivity index (χ3v) is 5.10. The van der Waals surface area contributed by atoms with E-state index >= 15 is 0 Å². The van der Waals surface area contributed by atoms with Crippen LogP contribution in [0.2, 0.25) is 0 Å². The lowest BCUT2D eigenvalue weighted by Gasteiger charge is -2.22. The standard InChI is InChI=1S/C22H27N3O2/c1-4-24(5-2)19-12-13-20(16(3)15-19)23-22(27)17-8-10-18(11-9-17)25-14-6-7-21(25)26/h8-13,15H,4-7,14H2,1-3H3,(H,23,27). The largest absolute Gasteiger partial charge is 0.372 e. The molecule has 0 aromatic heterocycles. The van der Waals surface area contributed by atoms with Gasteiger partial charge in [0.05, 0.1) is 0 Å². The van der Waals surface area contributed by atoms with Gasteiger partial charge in [-0.3, -0.25) is 9.59 Å². The highest BCUT2D eigenvalue weighted by Crippen LogP contribution is 2.24. The molecule has 0 aliphatic carbocycles. The van der Waals surface area contributed by atoms with Gasteiger partial charge >= 0.3 is 0 Å². The van der Waals surface area contributed by atoms with Gasteiger partial charge in [-0.2, -0.15) is 0 Å². The summed E-state index contributed by atoms with van der Waals surface area (Å²) < 4.78 is 0. The van der Waals surface area contributed by atoms with Crippen LogP contribution in [0.1, 0.15) is 42.6 Å². The van der Waals surface area contributed by atoms with Crippen LogP contribution < -0.4 is 15.1 Å². The Morgan fingerprint density at radius 3 is 2.37 bits per heavy atom. The van der Waals surface area contributed by atoms with Crippen LogP contribution in [-0.4, -0.2) is 31.4 Å². The number of amides is 2. The van der Waals surface area contributed by atoms with E-state index in [-0.39, 0.29) is 11.8 Å². The number of aryl methyl sites for hydroxylation is 1. The van der Waals surface area contributed by atoms with Gasteiger partial charge in [-0.05, 0) is 75.2 Å². The Labute approximate surface area is 161 Å². The van der Waals surface area contributed by atoms with Crippen molar-refractivity contribution in [2.24, 2.45) is 0 Å². The Morgan fingerprint density at radius 1 is 1.11 bits per heavy atom. The number of nitrogens with one attached hydrogen (secondary N) is 1. The maximum Gasteiger partial charge on any atom is 0.255 e. The summed E-state index contributed by atoms with van der Waals surface area (Å²) in [7, 11) is 0. The molecule has 5 nitrogen and oxygen atoms in total. The Morgan fingerprint density at radius 2 is 1.81 bits per heavy atom. The Balaban J connectivity index is 1.70. The molecule has 1 aliphatic rings. The molecule has 0 saturated carbocycles. The van der Waals surface area contributed by atoms with E-state index in [1.807, 2.05) is 31.2 Å². The first-order chi connectivity index (χ1) is 13.0.